The number of fused-ring (bicyclic) bond motifs is 1. The zero-order chi connectivity index (χ0) is 11.4. The molecule has 2 saturated heterocycles. The van der Waals surface area contributed by atoms with Gasteiger partial charge in [0.15, 0.2) is 0 Å². The van der Waals surface area contributed by atoms with Crippen LogP contribution in [0.25, 0.3) is 0 Å². The molecule has 0 spiro atoms. The molecule has 2 heterocycles. The number of amides is 1. The molecule has 3 atom stereocenters. The topological polar surface area (TPSA) is 80.7 Å². The summed E-state index contributed by atoms with van der Waals surface area (Å²) in [7, 11) is 0. The molecule has 2 aliphatic heterocycles. The van der Waals surface area contributed by atoms with Gasteiger partial charge in [-0.3, -0.25) is 4.79 Å². The smallest absolute Gasteiger partial charge is 0.548 e. The fourth-order valence-electron chi connectivity index (χ4n) is 2.24. The molecular formula is C9H12NNaO4S. The number of aliphatic hydroxyl groups excluding tert-OH is 1. The van der Waals surface area contributed by atoms with E-state index >= 15 is 0 Å². The van der Waals surface area contributed by atoms with E-state index in [1.165, 1.54) is 16.7 Å². The second kappa shape index (κ2) is 4.49. The molecule has 1 amide bonds. The Hall–Kier alpha value is 0.250. The third-order valence-corrected chi connectivity index (χ3v) is 4.60. The third kappa shape index (κ3) is 1.80. The summed E-state index contributed by atoms with van der Waals surface area (Å²) in [4.78, 5) is 23.8. The minimum atomic E-state index is -1.22. The van der Waals surface area contributed by atoms with Crippen LogP contribution in [0.1, 0.15) is 13.8 Å². The van der Waals surface area contributed by atoms with Gasteiger partial charge in [0.05, 0.1) is 29.9 Å². The number of carboxylic acids is 1. The van der Waals surface area contributed by atoms with E-state index in [9.17, 15) is 14.7 Å². The van der Waals surface area contributed by atoms with Gasteiger partial charge < -0.3 is 19.9 Å². The molecule has 0 aromatic carbocycles. The summed E-state index contributed by atoms with van der Waals surface area (Å²) in [5.74, 6) is -1.95. The van der Waals surface area contributed by atoms with Gasteiger partial charge >= 0.3 is 29.6 Å². The molecule has 0 aliphatic carbocycles. The number of nitrogens with zero attached hydrogens (tertiary/aromatic N) is 1. The van der Waals surface area contributed by atoms with Gasteiger partial charge in [-0.15, -0.1) is 11.8 Å². The van der Waals surface area contributed by atoms with Crippen LogP contribution < -0.4 is 34.7 Å². The Morgan fingerprint density at radius 1 is 1.62 bits per heavy atom. The number of aliphatic hydroxyl groups is 1. The Bertz CT molecular complexity index is 335. The largest absolute Gasteiger partial charge is 1.00 e. The molecule has 2 aliphatic rings. The zero-order valence-corrected chi connectivity index (χ0v) is 12.3. The van der Waals surface area contributed by atoms with Gasteiger partial charge in [-0.2, -0.15) is 0 Å². The fourth-order valence-corrected chi connectivity index (χ4v) is 3.91. The molecular weight excluding hydrogens is 241 g/mol. The predicted octanol–water partition coefficient (Wildman–Crippen LogP) is -4.59. The molecule has 7 heteroatoms. The van der Waals surface area contributed by atoms with E-state index in [1.807, 2.05) is 0 Å². The average molecular weight is 253 g/mol. The van der Waals surface area contributed by atoms with Gasteiger partial charge in [0.25, 0.3) is 0 Å². The summed E-state index contributed by atoms with van der Waals surface area (Å²) >= 11 is 1.41. The maximum atomic E-state index is 11.5. The zero-order valence-electron chi connectivity index (χ0n) is 9.47. The van der Waals surface area contributed by atoms with Gasteiger partial charge in [-0.25, -0.2) is 0 Å². The van der Waals surface area contributed by atoms with Crippen molar-refractivity contribution in [2.24, 2.45) is 5.92 Å². The number of thioether (sulfide) groups is 1. The van der Waals surface area contributed by atoms with Crippen molar-refractivity contribution in [1.82, 2.24) is 4.90 Å². The monoisotopic (exact) mass is 253 g/mol. The number of carboxylic acid groups (broad SMARTS) is 1. The van der Waals surface area contributed by atoms with Crippen molar-refractivity contribution in [1.29, 1.82) is 0 Å². The quantitative estimate of drug-likeness (QED) is 0.396. The second-order valence-electron chi connectivity index (χ2n) is 4.37. The van der Waals surface area contributed by atoms with E-state index in [2.05, 4.69) is 0 Å². The van der Waals surface area contributed by atoms with Crippen molar-refractivity contribution in [3.05, 3.63) is 0 Å². The number of hydrogen-bond acceptors (Lipinski definition) is 5. The maximum absolute atomic E-state index is 11.5. The van der Waals surface area contributed by atoms with E-state index in [1.54, 1.807) is 13.8 Å². The van der Waals surface area contributed by atoms with Crippen molar-refractivity contribution in [3.63, 3.8) is 0 Å². The van der Waals surface area contributed by atoms with Crippen LogP contribution in [0.2, 0.25) is 0 Å². The van der Waals surface area contributed by atoms with Crippen LogP contribution in [0.15, 0.2) is 0 Å². The summed E-state index contributed by atoms with van der Waals surface area (Å²) in [6.07, 6.45) is 0. The molecule has 0 bridgehead atoms. The van der Waals surface area contributed by atoms with Crippen LogP contribution in [0.4, 0.5) is 0 Å². The molecule has 0 saturated carbocycles. The Morgan fingerprint density at radius 3 is 2.62 bits per heavy atom. The number of hydrogen-bond donors (Lipinski definition) is 1. The van der Waals surface area contributed by atoms with Gasteiger partial charge in [-0.1, -0.05) is 0 Å². The van der Waals surface area contributed by atoms with Gasteiger partial charge in [0, 0.05) is 4.75 Å². The van der Waals surface area contributed by atoms with Crippen LogP contribution in [0, 0.1) is 5.92 Å². The molecule has 0 aromatic rings. The predicted molar refractivity (Wildman–Crippen MR) is 51.7 cm³/mol. The molecule has 1 N–H and O–H groups in total. The van der Waals surface area contributed by atoms with Crippen molar-refractivity contribution in [3.8, 4) is 0 Å². The number of aliphatic carboxylic acids is 1. The van der Waals surface area contributed by atoms with E-state index in [4.69, 9.17) is 5.11 Å². The van der Waals surface area contributed by atoms with Gasteiger partial charge in [0.1, 0.15) is 0 Å². The normalized spacial score (nSPS) is 35.1. The first-order chi connectivity index (χ1) is 6.90. The molecule has 5 nitrogen and oxygen atoms in total. The molecule has 2 rings (SSSR count). The van der Waals surface area contributed by atoms with Crippen molar-refractivity contribution < 1.29 is 49.4 Å². The van der Waals surface area contributed by atoms with Crippen LogP contribution in [0.5, 0.6) is 0 Å². The number of carbonyl (C=O) groups excluding carboxylic acids is 2. The molecule has 2 fully saturated rings. The second-order valence-corrected chi connectivity index (χ2v) is 6.14. The van der Waals surface area contributed by atoms with E-state index in [0.29, 0.717) is 0 Å². The van der Waals surface area contributed by atoms with Gasteiger partial charge in [0.2, 0.25) is 5.91 Å². The van der Waals surface area contributed by atoms with Crippen LogP contribution >= 0.6 is 11.8 Å². The first-order valence-electron chi connectivity index (χ1n) is 4.72. The first-order valence-corrected chi connectivity index (χ1v) is 5.60. The van der Waals surface area contributed by atoms with Crippen LogP contribution in [-0.4, -0.2) is 44.7 Å². The minimum absolute atomic E-state index is 0. The third-order valence-electron chi connectivity index (χ3n) is 2.97. The van der Waals surface area contributed by atoms with Crippen molar-refractivity contribution in [2.75, 3.05) is 6.61 Å². The number of β-lactam (4-membered cyclic amide) rings is 1. The SMILES string of the molecule is CC1(C)SC2C(CO)C(=O)N2C1C(=O)[O-].[Na+]. The molecule has 16 heavy (non-hydrogen) atoms. The van der Waals surface area contributed by atoms with Crippen molar-refractivity contribution in [2.45, 2.75) is 30.0 Å². The summed E-state index contributed by atoms with van der Waals surface area (Å²) < 4.78 is -0.552. The summed E-state index contributed by atoms with van der Waals surface area (Å²) in [6.45, 7) is 3.33. The molecule has 3 unspecified atom stereocenters. The summed E-state index contributed by atoms with van der Waals surface area (Å²) in [5.41, 5.74) is 0. The Morgan fingerprint density at radius 2 is 2.19 bits per heavy atom. The van der Waals surface area contributed by atoms with Gasteiger partial charge in [-0.05, 0) is 13.8 Å². The summed E-state index contributed by atoms with van der Waals surface area (Å²) in [6, 6.07) is -0.886. The molecule has 0 radical (unpaired) electrons. The molecule has 84 valence electrons. The Balaban J connectivity index is 0.00000128. The average Bonchev–Trinajstić information content (AvgIpc) is 2.35. The summed E-state index contributed by atoms with van der Waals surface area (Å²) in [5, 5.41) is 19.7. The number of rotatable bonds is 2. The maximum Gasteiger partial charge on any atom is 1.00 e. The Kier molecular flexibility index (Phi) is 4.02. The van der Waals surface area contributed by atoms with E-state index < -0.39 is 22.7 Å². The minimum Gasteiger partial charge on any atom is -0.548 e. The fraction of sp³-hybridized carbons (Fsp3) is 0.778. The van der Waals surface area contributed by atoms with E-state index in [0.717, 1.165) is 0 Å². The standard InChI is InChI=1S/C9H13NO4S.Na/c1-9(2)5(8(13)14)10-6(12)4(3-11)7(10)15-9;/h4-5,7,11H,3H2,1-2H3,(H,13,14);/q;+1/p-1. The first kappa shape index (κ1) is 14.3. The number of carbonyl (C=O) groups is 2. The Labute approximate surface area is 120 Å². The van der Waals surface area contributed by atoms with E-state index in [-0.39, 0.29) is 47.4 Å². The van der Waals surface area contributed by atoms with Crippen molar-refractivity contribution >= 4 is 23.6 Å². The molecule has 0 aromatic heterocycles. The van der Waals surface area contributed by atoms with Crippen LogP contribution in [-0.2, 0) is 9.59 Å². The van der Waals surface area contributed by atoms with Crippen LogP contribution in [0.3, 0.4) is 0 Å².